The SMILES string of the molecule is CCNc1cccc(C(=O)N2CCC(O)C2)c1[N+](=O)[O-]. The van der Waals surface area contributed by atoms with Gasteiger partial charge in [0.25, 0.3) is 5.91 Å². The maximum atomic E-state index is 12.4. The van der Waals surface area contributed by atoms with Gasteiger partial charge in [0.15, 0.2) is 0 Å². The van der Waals surface area contributed by atoms with E-state index >= 15 is 0 Å². The van der Waals surface area contributed by atoms with E-state index in [-0.39, 0.29) is 17.8 Å². The summed E-state index contributed by atoms with van der Waals surface area (Å²) in [6.07, 6.45) is -0.0400. The van der Waals surface area contributed by atoms with Crippen molar-refractivity contribution in [3.63, 3.8) is 0 Å². The first-order chi connectivity index (χ1) is 9.54. The fourth-order valence-electron chi connectivity index (χ4n) is 2.34. The first-order valence-electron chi connectivity index (χ1n) is 6.53. The minimum Gasteiger partial charge on any atom is -0.391 e. The summed E-state index contributed by atoms with van der Waals surface area (Å²) < 4.78 is 0. The van der Waals surface area contributed by atoms with Gasteiger partial charge in [-0.1, -0.05) is 6.07 Å². The maximum Gasteiger partial charge on any atom is 0.305 e. The predicted molar refractivity (Wildman–Crippen MR) is 73.8 cm³/mol. The van der Waals surface area contributed by atoms with Crippen molar-refractivity contribution in [2.75, 3.05) is 25.0 Å². The first kappa shape index (κ1) is 14.3. The van der Waals surface area contributed by atoms with E-state index < -0.39 is 16.9 Å². The van der Waals surface area contributed by atoms with Crippen LogP contribution >= 0.6 is 0 Å². The average Bonchev–Trinajstić information content (AvgIpc) is 2.84. The van der Waals surface area contributed by atoms with Crippen molar-refractivity contribution in [1.29, 1.82) is 0 Å². The summed E-state index contributed by atoms with van der Waals surface area (Å²) in [5.74, 6) is -0.409. The number of aliphatic hydroxyl groups is 1. The molecule has 0 saturated carbocycles. The van der Waals surface area contributed by atoms with Crippen LogP contribution in [-0.2, 0) is 0 Å². The van der Waals surface area contributed by atoms with E-state index in [1.807, 2.05) is 6.92 Å². The van der Waals surface area contributed by atoms with Crippen LogP contribution in [0.3, 0.4) is 0 Å². The molecule has 1 aromatic rings. The van der Waals surface area contributed by atoms with E-state index in [0.717, 1.165) is 0 Å². The molecule has 2 rings (SSSR count). The molecule has 1 atom stereocenters. The number of carbonyl (C=O) groups excluding carboxylic acids is 1. The largest absolute Gasteiger partial charge is 0.391 e. The zero-order valence-electron chi connectivity index (χ0n) is 11.2. The topological polar surface area (TPSA) is 95.7 Å². The Morgan fingerprint density at radius 3 is 2.90 bits per heavy atom. The normalized spacial score (nSPS) is 18.1. The van der Waals surface area contributed by atoms with Gasteiger partial charge >= 0.3 is 5.69 Å². The molecule has 1 aliphatic rings. The molecule has 0 aromatic heterocycles. The molecular formula is C13H17N3O4. The van der Waals surface area contributed by atoms with Crippen molar-refractivity contribution in [2.24, 2.45) is 0 Å². The number of likely N-dealkylation sites (tertiary alicyclic amines) is 1. The monoisotopic (exact) mass is 279 g/mol. The van der Waals surface area contributed by atoms with Gasteiger partial charge in [-0.2, -0.15) is 0 Å². The minimum atomic E-state index is -0.546. The molecule has 1 saturated heterocycles. The van der Waals surface area contributed by atoms with Gasteiger partial charge in [0.2, 0.25) is 0 Å². The van der Waals surface area contributed by atoms with Crippen molar-refractivity contribution >= 4 is 17.3 Å². The molecule has 1 amide bonds. The molecule has 1 aromatic carbocycles. The summed E-state index contributed by atoms with van der Waals surface area (Å²) in [7, 11) is 0. The second-order valence-electron chi connectivity index (χ2n) is 4.68. The number of nitrogens with one attached hydrogen (secondary N) is 1. The molecule has 108 valence electrons. The number of hydrogen-bond acceptors (Lipinski definition) is 5. The van der Waals surface area contributed by atoms with Crippen LogP contribution in [0.25, 0.3) is 0 Å². The molecule has 1 aliphatic heterocycles. The van der Waals surface area contributed by atoms with Crippen molar-refractivity contribution < 1.29 is 14.8 Å². The predicted octanol–water partition coefficient (Wildman–Crippen LogP) is 1.23. The molecule has 0 aliphatic carbocycles. The van der Waals surface area contributed by atoms with Crippen LogP contribution in [0.1, 0.15) is 23.7 Å². The van der Waals surface area contributed by atoms with E-state index in [2.05, 4.69) is 5.32 Å². The lowest BCUT2D eigenvalue weighted by Gasteiger charge is -2.16. The van der Waals surface area contributed by atoms with Gasteiger partial charge in [0, 0.05) is 19.6 Å². The number of carbonyl (C=O) groups is 1. The number of benzene rings is 1. The number of para-hydroxylation sites is 1. The highest BCUT2D eigenvalue weighted by Crippen LogP contribution is 2.30. The van der Waals surface area contributed by atoms with Crippen LogP contribution in [0.15, 0.2) is 18.2 Å². The minimum absolute atomic E-state index is 0.0579. The Morgan fingerprint density at radius 1 is 1.60 bits per heavy atom. The third kappa shape index (κ3) is 2.72. The van der Waals surface area contributed by atoms with Gasteiger partial charge < -0.3 is 15.3 Å². The third-order valence-electron chi connectivity index (χ3n) is 3.27. The zero-order valence-corrected chi connectivity index (χ0v) is 11.2. The van der Waals surface area contributed by atoms with Crippen LogP contribution in [0.5, 0.6) is 0 Å². The number of aliphatic hydroxyl groups excluding tert-OH is 1. The smallest absolute Gasteiger partial charge is 0.305 e. The lowest BCUT2D eigenvalue weighted by atomic mass is 10.1. The van der Waals surface area contributed by atoms with Gasteiger partial charge in [-0.3, -0.25) is 14.9 Å². The highest BCUT2D eigenvalue weighted by molar-refractivity contribution is 6.00. The molecule has 1 unspecified atom stereocenters. The van der Waals surface area contributed by atoms with Crippen molar-refractivity contribution in [2.45, 2.75) is 19.4 Å². The van der Waals surface area contributed by atoms with Gasteiger partial charge in [0.1, 0.15) is 11.3 Å². The highest BCUT2D eigenvalue weighted by atomic mass is 16.6. The summed E-state index contributed by atoms with van der Waals surface area (Å²) in [4.78, 5) is 24.5. The number of nitrogens with zero attached hydrogens (tertiary/aromatic N) is 2. The Labute approximate surface area is 116 Å². The van der Waals surface area contributed by atoms with Crippen LogP contribution in [0.2, 0.25) is 0 Å². The summed E-state index contributed by atoms with van der Waals surface area (Å²) in [5.41, 5.74) is 0.186. The Kier molecular flexibility index (Phi) is 4.19. The first-order valence-corrected chi connectivity index (χ1v) is 6.53. The number of anilines is 1. The molecule has 20 heavy (non-hydrogen) atoms. The molecule has 0 spiro atoms. The van der Waals surface area contributed by atoms with E-state index in [9.17, 15) is 20.0 Å². The highest BCUT2D eigenvalue weighted by Gasteiger charge is 2.31. The van der Waals surface area contributed by atoms with E-state index in [4.69, 9.17) is 0 Å². The van der Waals surface area contributed by atoms with Gasteiger partial charge in [0.05, 0.1) is 11.0 Å². The quantitative estimate of drug-likeness (QED) is 0.638. The second kappa shape index (κ2) is 5.87. The van der Waals surface area contributed by atoms with Crippen molar-refractivity contribution in [3.8, 4) is 0 Å². The summed E-state index contributed by atoms with van der Waals surface area (Å²) >= 11 is 0. The number of hydrogen-bond donors (Lipinski definition) is 2. The van der Waals surface area contributed by atoms with Gasteiger partial charge in [-0.25, -0.2) is 0 Å². The van der Waals surface area contributed by atoms with Crippen LogP contribution < -0.4 is 5.32 Å². The standard InChI is InChI=1S/C13H17N3O4/c1-2-14-11-5-3-4-10(12(11)16(19)20)13(18)15-7-6-9(17)8-15/h3-5,9,14,17H,2,6-8H2,1H3. The molecule has 0 radical (unpaired) electrons. The Bertz CT molecular complexity index is 532. The van der Waals surface area contributed by atoms with Gasteiger partial charge in [-0.15, -0.1) is 0 Å². The summed E-state index contributed by atoms with van der Waals surface area (Å²) in [5, 5.41) is 23.6. The van der Waals surface area contributed by atoms with E-state index in [1.165, 1.54) is 11.0 Å². The number of β-amino-alcohol motifs (C(OH)–C–C–N with tert-alkyl or cyclic N) is 1. The lowest BCUT2D eigenvalue weighted by molar-refractivity contribution is -0.384. The summed E-state index contributed by atoms with van der Waals surface area (Å²) in [6.45, 7) is 3.00. The Balaban J connectivity index is 2.37. The number of rotatable bonds is 4. The third-order valence-corrected chi connectivity index (χ3v) is 3.27. The number of nitro benzene ring substituents is 1. The lowest BCUT2D eigenvalue weighted by Crippen LogP contribution is -2.30. The van der Waals surface area contributed by atoms with Crippen molar-refractivity contribution in [1.82, 2.24) is 4.90 Å². The average molecular weight is 279 g/mol. The van der Waals surface area contributed by atoms with Crippen molar-refractivity contribution in [3.05, 3.63) is 33.9 Å². The number of nitro groups is 1. The second-order valence-corrected chi connectivity index (χ2v) is 4.68. The van der Waals surface area contributed by atoms with E-state index in [0.29, 0.717) is 25.2 Å². The fourth-order valence-corrected chi connectivity index (χ4v) is 2.34. The summed E-state index contributed by atoms with van der Waals surface area (Å²) in [6, 6.07) is 4.65. The molecule has 1 fully saturated rings. The molecule has 1 heterocycles. The molecule has 7 heteroatoms. The molecule has 7 nitrogen and oxygen atoms in total. The van der Waals surface area contributed by atoms with Crippen LogP contribution in [0, 0.1) is 10.1 Å². The maximum absolute atomic E-state index is 12.4. The van der Waals surface area contributed by atoms with Gasteiger partial charge in [-0.05, 0) is 25.5 Å². The molecular weight excluding hydrogens is 262 g/mol. The Hall–Kier alpha value is -2.15. The molecule has 2 N–H and O–H groups in total. The van der Waals surface area contributed by atoms with E-state index in [1.54, 1.807) is 12.1 Å². The number of amides is 1. The van der Waals surface area contributed by atoms with Crippen LogP contribution in [0.4, 0.5) is 11.4 Å². The zero-order chi connectivity index (χ0) is 14.7. The van der Waals surface area contributed by atoms with Crippen LogP contribution in [-0.4, -0.2) is 46.6 Å². The molecule has 0 bridgehead atoms. The Morgan fingerprint density at radius 2 is 2.35 bits per heavy atom. The fraction of sp³-hybridized carbons (Fsp3) is 0.462.